The van der Waals surface area contributed by atoms with Crippen molar-refractivity contribution in [2.24, 2.45) is 0 Å². The van der Waals surface area contributed by atoms with Gasteiger partial charge < -0.3 is 19.4 Å². The normalized spacial score (nSPS) is 10.9. The van der Waals surface area contributed by atoms with Crippen molar-refractivity contribution < 1.29 is 27.8 Å². The van der Waals surface area contributed by atoms with Crippen LogP contribution in [0.5, 0.6) is 11.5 Å². The van der Waals surface area contributed by atoms with Gasteiger partial charge >= 0.3 is 0 Å². The Morgan fingerprint density at radius 3 is 2.22 bits per heavy atom. The molecule has 1 N–H and O–H groups in total. The van der Waals surface area contributed by atoms with Crippen LogP contribution in [-0.2, 0) is 10.0 Å². The van der Waals surface area contributed by atoms with Crippen molar-refractivity contribution in [3.8, 4) is 11.5 Å². The fourth-order valence-electron chi connectivity index (χ4n) is 1.86. The summed E-state index contributed by atoms with van der Waals surface area (Å²) in [7, 11) is -1.00. The number of sulfonamides is 1. The standard InChI is InChI=1S/C15H15NO6S/c1-21-11-5-8-13(14(9-11)22-2)16-23(19,20)12-6-3-10(4-7-12)15(17)18/h3-9,16H,1-2H3,(H,17,18)/p-1. The number of aromatic carboxylic acids is 1. The maximum atomic E-state index is 12.3. The smallest absolute Gasteiger partial charge is 0.262 e. The van der Waals surface area contributed by atoms with Crippen LogP contribution < -0.4 is 19.3 Å². The zero-order valence-electron chi connectivity index (χ0n) is 12.4. The van der Waals surface area contributed by atoms with E-state index < -0.39 is 16.0 Å². The molecule has 122 valence electrons. The molecule has 0 aromatic heterocycles. The number of carbonyl (C=O) groups excluding carboxylic acids is 1. The Kier molecular flexibility index (Phi) is 4.75. The first-order chi connectivity index (χ1) is 10.9. The van der Waals surface area contributed by atoms with E-state index in [1.54, 1.807) is 6.07 Å². The first kappa shape index (κ1) is 16.6. The van der Waals surface area contributed by atoms with Gasteiger partial charge in [-0.25, -0.2) is 8.42 Å². The van der Waals surface area contributed by atoms with Crippen molar-refractivity contribution in [2.45, 2.75) is 4.90 Å². The molecule has 8 heteroatoms. The highest BCUT2D eigenvalue weighted by Gasteiger charge is 2.17. The Hall–Kier alpha value is -2.74. The molecule has 0 atom stereocenters. The highest BCUT2D eigenvalue weighted by molar-refractivity contribution is 7.92. The number of carboxylic acid groups (broad SMARTS) is 1. The summed E-state index contributed by atoms with van der Waals surface area (Å²) in [4.78, 5) is 10.6. The van der Waals surface area contributed by atoms with Gasteiger partial charge in [0.25, 0.3) is 10.0 Å². The monoisotopic (exact) mass is 336 g/mol. The first-order valence-electron chi connectivity index (χ1n) is 6.43. The summed E-state index contributed by atoms with van der Waals surface area (Å²) < 4.78 is 37.2. The van der Waals surface area contributed by atoms with Gasteiger partial charge in [0.15, 0.2) is 0 Å². The first-order valence-corrected chi connectivity index (χ1v) is 7.92. The van der Waals surface area contributed by atoms with Crippen LogP contribution in [0.1, 0.15) is 10.4 Å². The molecule has 0 radical (unpaired) electrons. The van der Waals surface area contributed by atoms with Crippen molar-refractivity contribution in [1.82, 2.24) is 0 Å². The molecule has 7 nitrogen and oxygen atoms in total. The summed E-state index contributed by atoms with van der Waals surface area (Å²) in [6.07, 6.45) is 0. The van der Waals surface area contributed by atoms with Gasteiger partial charge in [-0.15, -0.1) is 0 Å². The second-order valence-corrected chi connectivity index (χ2v) is 6.17. The van der Waals surface area contributed by atoms with E-state index in [0.29, 0.717) is 11.5 Å². The molecule has 2 aromatic rings. The topological polar surface area (TPSA) is 105 Å². The number of nitrogens with one attached hydrogen (secondary N) is 1. The van der Waals surface area contributed by atoms with Gasteiger partial charge in [-0.1, -0.05) is 12.1 Å². The van der Waals surface area contributed by atoms with E-state index in [-0.39, 0.29) is 16.1 Å². The van der Waals surface area contributed by atoms with E-state index in [9.17, 15) is 18.3 Å². The van der Waals surface area contributed by atoms with Gasteiger partial charge in [-0.2, -0.15) is 0 Å². The van der Waals surface area contributed by atoms with Crippen LogP contribution in [0.15, 0.2) is 47.4 Å². The Labute approximate surface area is 133 Å². The Morgan fingerprint density at radius 2 is 1.70 bits per heavy atom. The molecule has 23 heavy (non-hydrogen) atoms. The summed E-state index contributed by atoms with van der Waals surface area (Å²) in [5.74, 6) is -0.568. The SMILES string of the molecule is COc1ccc(NS(=O)(=O)c2ccc(C(=O)[O-])cc2)c(OC)c1. The number of ether oxygens (including phenoxy) is 2. The van der Waals surface area contributed by atoms with Crippen molar-refractivity contribution >= 4 is 21.7 Å². The van der Waals surface area contributed by atoms with E-state index in [1.807, 2.05) is 0 Å². The Morgan fingerprint density at radius 1 is 1.04 bits per heavy atom. The van der Waals surface area contributed by atoms with Crippen LogP contribution in [0.4, 0.5) is 5.69 Å². The van der Waals surface area contributed by atoms with Gasteiger partial charge in [-0.05, 0) is 29.8 Å². The van der Waals surface area contributed by atoms with E-state index in [1.165, 1.54) is 38.5 Å². The minimum atomic E-state index is -3.89. The molecule has 0 saturated heterocycles. The molecular weight excluding hydrogens is 322 g/mol. The number of rotatable bonds is 6. The average molecular weight is 336 g/mol. The highest BCUT2D eigenvalue weighted by atomic mass is 32.2. The van der Waals surface area contributed by atoms with E-state index >= 15 is 0 Å². The van der Waals surface area contributed by atoms with Gasteiger partial charge in [0.05, 0.1) is 30.8 Å². The van der Waals surface area contributed by atoms with E-state index in [0.717, 1.165) is 12.1 Å². The lowest BCUT2D eigenvalue weighted by molar-refractivity contribution is -0.255. The summed E-state index contributed by atoms with van der Waals surface area (Å²) in [6.45, 7) is 0. The number of hydrogen-bond acceptors (Lipinski definition) is 6. The van der Waals surface area contributed by atoms with Crippen LogP contribution in [0.2, 0.25) is 0 Å². The summed E-state index contributed by atoms with van der Waals surface area (Å²) in [5.41, 5.74) is 0.128. The van der Waals surface area contributed by atoms with Gasteiger partial charge in [0.1, 0.15) is 11.5 Å². The highest BCUT2D eigenvalue weighted by Crippen LogP contribution is 2.30. The minimum Gasteiger partial charge on any atom is -0.545 e. The van der Waals surface area contributed by atoms with E-state index in [4.69, 9.17) is 9.47 Å². The van der Waals surface area contributed by atoms with Gasteiger partial charge in [0, 0.05) is 6.07 Å². The third-order valence-corrected chi connectivity index (χ3v) is 4.43. The number of carbonyl (C=O) groups is 1. The molecule has 0 bridgehead atoms. The second-order valence-electron chi connectivity index (χ2n) is 4.48. The molecule has 0 spiro atoms. The van der Waals surface area contributed by atoms with Crippen LogP contribution in [0, 0.1) is 0 Å². The number of carboxylic acids is 1. The second kappa shape index (κ2) is 6.57. The maximum Gasteiger partial charge on any atom is 0.262 e. The number of hydrogen-bond donors (Lipinski definition) is 1. The molecular formula is C15H14NO6S-. The van der Waals surface area contributed by atoms with Crippen molar-refractivity contribution in [2.75, 3.05) is 18.9 Å². The molecule has 0 aliphatic carbocycles. The van der Waals surface area contributed by atoms with Gasteiger partial charge in [0.2, 0.25) is 0 Å². The molecule has 0 unspecified atom stereocenters. The Balaban J connectivity index is 2.32. The van der Waals surface area contributed by atoms with Crippen LogP contribution in [0.3, 0.4) is 0 Å². The lowest BCUT2D eigenvalue weighted by Gasteiger charge is -2.13. The summed E-state index contributed by atoms with van der Waals surface area (Å²) in [5, 5.41) is 10.7. The fourth-order valence-corrected chi connectivity index (χ4v) is 2.93. The number of methoxy groups -OCH3 is 2. The van der Waals surface area contributed by atoms with Crippen molar-refractivity contribution in [3.05, 3.63) is 48.0 Å². The molecule has 0 amide bonds. The zero-order valence-corrected chi connectivity index (χ0v) is 13.2. The quantitative estimate of drug-likeness (QED) is 0.839. The third-order valence-electron chi connectivity index (χ3n) is 3.05. The predicted octanol–water partition coefficient (Wildman–Crippen LogP) is 0.868. The molecule has 2 aromatic carbocycles. The number of benzene rings is 2. The van der Waals surface area contributed by atoms with Gasteiger partial charge in [-0.3, -0.25) is 4.72 Å². The Bertz CT molecular complexity index is 814. The molecule has 0 saturated carbocycles. The largest absolute Gasteiger partial charge is 0.545 e. The molecule has 0 fully saturated rings. The average Bonchev–Trinajstić information content (AvgIpc) is 2.55. The molecule has 0 heterocycles. The fraction of sp³-hybridized carbons (Fsp3) is 0.133. The van der Waals surface area contributed by atoms with Crippen LogP contribution in [-0.4, -0.2) is 28.6 Å². The lowest BCUT2D eigenvalue weighted by atomic mass is 10.2. The number of anilines is 1. The maximum absolute atomic E-state index is 12.3. The molecule has 0 aliphatic rings. The predicted molar refractivity (Wildman–Crippen MR) is 81.1 cm³/mol. The summed E-state index contributed by atoms with van der Waals surface area (Å²) >= 11 is 0. The van der Waals surface area contributed by atoms with Crippen molar-refractivity contribution in [3.63, 3.8) is 0 Å². The van der Waals surface area contributed by atoms with Crippen LogP contribution >= 0.6 is 0 Å². The minimum absolute atomic E-state index is 0.0830. The summed E-state index contributed by atoms with van der Waals surface area (Å²) in [6, 6.07) is 9.32. The molecule has 2 rings (SSSR count). The van der Waals surface area contributed by atoms with E-state index in [2.05, 4.69) is 4.72 Å². The van der Waals surface area contributed by atoms with Crippen molar-refractivity contribution in [1.29, 1.82) is 0 Å². The zero-order chi connectivity index (χ0) is 17.0. The van der Waals surface area contributed by atoms with Crippen LogP contribution in [0.25, 0.3) is 0 Å². The lowest BCUT2D eigenvalue weighted by Crippen LogP contribution is -2.22. The molecule has 0 aliphatic heterocycles. The third kappa shape index (κ3) is 3.72.